The maximum absolute atomic E-state index is 12.5. The quantitative estimate of drug-likeness (QED) is 0.304. The van der Waals surface area contributed by atoms with Crippen LogP contribution >= 0.6 is 24.0 Å². The number of hydrogen-bond donors (Lipinski definition) is 2. The van der Waals surface area contributed by atoms with Gasteiger partial charge in [-0.1, -0.05) is 19.8 Å². The van der Waals surface area contributed by atoms with Crippen molar-refractivity contribution in [2.45, 2.75) is 51.5 Å². The standard InChI is InChI=1S/C21H38N6O2.HI/c1-3-19(28)27-10-8-18(16-27)24-21(22-2)23-9-11-25-12-14-26(15-13-25)20(29)17-6-4-5-7-17;/h17-18H,3-16H2,1-2H3,(H2,22,23,24);1H. The molecule has 0 aromatic heterocycles. The number of rotatable bonds is 6. The Kier molecular flexibility index (Phi) is 10.6. The number of hydrogen-bond acceptors (Lipinski definition) is 4. The highest BCUT2D eigenvalue weighted by Gasteiger charge is 2.29. The second kappa shape index (κ2) is 12.7. The van der Waals surface area contributed by atoms with Crippen LogP contribution < -0.4 is 10.6 Å². The van der Waals surface area contributed by atoms with Crippen LogP contribution in [0.25, 0.3) is 0 Å². The minimum atomic E-state index is 0. The van der Waals surface area contributed by atoms with Crippen LogP contribution in [0.1, 0.15) is 45.4 Å². The Labute approximate surface area is 198 Å². The van der Waals surface area contributed by atoms with E-state index in [0.717, 1.165) is 77.6 Å². The summed E-state index contributed by atoms with van der Waals surface area (Å²) in [6.07, 6.45) is 6.12. The fourth-order valence-corrected chi connectivity index (χ4v) is 4.67. The summed E-state index contributed by atoms with van der Waals surface area (Å²) in [5.41, 5.74) is 0. The lowest BCUT2D eigenvalue weighted by Gasteiger charge is -2.36. The van der Waals surface area contributed by atoms with Crippen molar-refractivity contribution in [3.05, 3.63) is 0 Å². The number of carbonyl (C=O) groups is 2. The lowest BCUT2D eigenvalue weighted by molar-refractivity contribution is -0.137. The highest BCUT2D eigenvalue weighted by atomic mass is 127. The second-order valence-electron chi connectivity index (χ2n) is 8.47. The van der Waals surface area contributed by atoms with Crippen molar-refractivity contribution in [1.29, 1.82) is 0 Å². The summed E-state index contributed by atoms with van der Waals surface area (Å²) in [7, 11) is 1.78. The Balaban J connectivity index is 0.00000320. The van der Waals surface area contributed by atoms with Gasteiger partial charge >= 0.3 is 0 Å². The Morgan fingerprint density at radius 3 is 2.33 bits per heavy atom. The van der Waals surface area contributed by atoms with Crippen LogP contribution in [0.2, 0.25) is 0 Å². The molecule has 30 heavy (non-hydrogen) atoms. The molecule has 2 heterocycles. The van der Waals surface area contributed by atoms with Gasteiger partial charge in [-0.15, -0.1) is 24.0 Å². The number of carbonyl (C=O) groups excluding carboxylic acids is 2. The zero-order valence-corrected chi connectivity index (χ0v) is 20.9. The van der Waals surface area contributed by atoms with Gasteiger partial charge in [0.2, 0.25) is 11.8 Å². The first-order chi connectivity index (χ1) is 14.1. The van der Waals surface area contributed by atoms with Crippen molar-refractivity contribution >= 4 is 41.8 Å². The minimum Gasteiger partial charge on any atom is -0.355 e. The first kappa shape index (κ1) is 25.2. The first-order valence-electron chi connectivity index (χ1n) is 11.4. The van der Waals surface area contributed by atoms with Crippen molar-refractivity contribution in [2.75, 3.05) is 59.4 Å². The molecule has 0 aromatic carbocycles. The molecular weight excluding hydrogens is 495 g/mol. The molecule has 2 amide bonds. The topological polar surface area (TPSA) is 80.3 Å². The van der Waals surface area contributed by atoms with Gasteiger partial charge < -0.3 is 20.4 Å². The molecule has 172 valence electrons. The average molecular weight is 534 g/mol. The molecule has 1 aliphatic carbocycles. The fraction of sp³-hybridized carbons (Fsp3) is 0.857. The van der Waals surface area contributed by atoms with Gasteiger partial charge in [0, 0.05) is 77.8 Å². The van der Waals surface area contributed by atoms with Crippen LogP contribution in [0.3, 0.4) is 0 Å². The second-order valence-corrected chi connectivity index (χ2v) is 8.47. The lowest BCUT2D eigenvalue weighted by atomic mass is 10.1. The number of likely N-dealkylation sites (tertiary alicyclic amines) is 1. The van der Waals surface area contributed by atoms with E-state index >= 15 is 0 Å². The van der Waals surface area contributed by atoms with E-state index in [2.05, 4.69) is 25.4 Å². The number of halogens is 1. The van der Waals surface area contributed by atoms with Crippen LogP contribution in [0.15, 0.2) is 4.99 Å². The number of nitrogens with zero attached hydrogens (tertiary/aromatic N) is 4. The van der Waals surface area contributed by atoms with E-state index in [1.807, 2.05) is 11.8 Å². The molecule has 0 aromatic rings. The van der Waals surface area contributed by atoms with Gasteiger partial charge in [0.25, 0.3) is 0 Å². The summed E-state index contributed by atoms with van der Waals surface area (Å²) in [5.74, 6) is 1.70. The molecule has 2 saturated heterocycles. The molecule has 9 heteroatoms. The molecule has 8 nitrogen and oxygen atoms in total. The van der Waals surface area contributed by atoms with E-state index in [1.165, 1.54) is 12.8 Å². The monoisotopic (exact) mass is 534 g/mol. The van der Waals surface area contributed by atoms with Gasteiger partial charge in [-0.3, -0.25) is 19.5 Å². The molecule has 1 atom stereocenters. The van der Waals surface area contributed by atoms with E-state index in [-0.39, 0.29) is 41.8 Å². The van der Waals surface area contributed by atoms with E-state index in [9.17, 15) is 9.59 Å². The molecule has 3 rings (SSSR count). The van der Waals surface area contributed by atoms with Crippen LogP contribution in [0.5, 0.6) is 0 Å². The number of aliphatic imine (C=N–C) groups is 1. The molecule has 0 radical (unpaired) electrons. The zero-order chi connectivity index (χ0) is 20.6. The maximum Gasteiger partial charge on any atom is 0.225 e. The highest BCUT2D eigenvalue weighted by Crippen LogP contribution is 2.26. The molecule has 0 spiro atoms. The van der Waals surface area contributed by atoms with Crippen LogP contribution in [0.4, 0.5) is 0 Å². The number of guanidine groups is 1. The third kappa shape index (κ3) is 6.96. The maximum atomic E-state index is 12.5. The highest BCUT2D eigenvalue weighted by molar-refractivity contribution is 14.0. The lowest BCUT2D eigenvalue weighted by Crippen LogP contribution is -2.52. The van der Waals surface area contributed by atoms with Gasteiger partial charge in [-0.05, 0) is 19.3 Å². The van der Waals surface area contributed by atoms with Crippen molar-refractivity contribution in [3.63, 3.8) is 0 Å². The van der Waals surface area contributed by atoms with Gasteiger partial charge in [0.05, 0.1) is 0 Å². The van der Waals surface area contributed by atoms with Crippen molar-refractivity contribution in [1.82, 2.24) is 25.3 Å². The van der Waals surface area contributed by atoms with Crippen molar-refractivity contribution in [2.24, 2.45) is 10.9 Å². The summed E-state index contributed by atoms with van der Waals surface area (Å²) < 4.78 is 0. The molecule has 1 saturated carbocycles. The molecule has 3 fully saturated rings. The summed E-state index contributed by atoms with van der Waals surface area (Å²) in [5, 5.41) is 6.83. The number of amides is 2. The van der Waals surface area contributed by atoms with Crippen molar-refractivity contribution in [3.8, 4) is 0 Å². The molecule has 2 N–H and O–H groups in total. The third-order valence-corrected chi connectivity index (χ3v) is 6.52. The average Bonchev–Trinajstić information content (AvgIpc) is 3.45. The number of nitrogens with one attached hydrogen (secondary N) is 2. The predicted molar refractivity (Wildman–Crippen MR) is 130 cm³/mol. The Morgan fingerprint density at radius 2 is 1.70 bits per heavy atom. The minimum absolute atomic E-state index is 0. The molecular formula is C21H39IN6O2. The van der Waals surface area contributed by atoms with E-state index < -0.39 is 0 Å². The largest absolute Gasteiger partial charge is 0.355 e. The fourth-order valence-electron chi connectivity index (χ4n) is 4.67. The van der Waals surface area contributed by atoms with E-state index in [1.54, 1.807) is 7.05 Å². The van der Waals surface area contributed by atoms with Gasteiger partial charge in [-0.2, -0.15) is 0 Å². The molecule has 1 unspecified atom stereocenters. The molecule has 3 aliphatic rings. The zero-order valence-electron chi connectivity index (χ0n) is 18.6. The summed E-state index contributed by atoms with van der Waals surface area (Å²) in [4.78, 5) is 35.1. The normalized spacial score (nSPS) is 23.4. The Morgan fingerprint density at radius 1 is 1.00 bits per heavy atom. The Bertz CT molecular complexity index is 588. The third-order valence-electron chi connectivity index (χ3n) is 6.52. The Hall–Kier alpha value is -1.10. The predicted octanol–water partition coefficient (Wildman–Crippen LogP) is 1.11. The van der Waals surface area contributed by atoms with Crippen LogP contribution in [-0.4, -0.2) is 97.9 Å². The summed E-state index contributed by atoms with van der Waals surface area (Å²) >= 11 is 0. The van der Waals surface area contributed by atoms with Gasteiger partial charge in [-0.25, -0.2) is 0 Å². The van der Waals surface area contributed by atoms with Crippen LogP contribution in [0, 0.1) is 5.92 Å². The van der Waals surface area contributed by atoms with Gasteiger partial charge in [0.15, 0.2) is 5.96 Å². The molecule has 0 bridgehead atoms. The van der Waals surface area contributed by atoms with Crippen LogP contribution in [-0.2, 0) is 9.59 Å². The molecule has 2 aliphatic heterocycles. The SMILES string of the molecule is CCC(=O)N1CCC(NC(=NC)NCCN2CCN(C(=O)C3CCCC3)CC2)C1.I. The summed E-state index contributed by atoms with van der Waals surface area (Å²) in [6.45, 7) is 8.85. The van der Waals surface area contributed by atoms with E-state index in [0.29, 0.717) is 12.3 Å². The number of piperazine rings is 1. The van der Waals surface area contributed by atoms with Gasteiger partial charge in [0.1, 0.15) is 0 Å². The summed E-state index contributed by atoms with van der Waals surface area (Å²) in [6, 6.07) is 0.266. The first-order valence-corrected chi connectivity index (χ1v) is 11.4. The van der Waals surface area contributed by atoms with Crippen molar-refractivity contribution < 1.29 is 9.59 Å². The van der Waals surface area contributed by atoms with E-state index in [4.69, 9.17) is 0 Å². The smallest absolute Gasteiger partial charge is 0.225 e.